The van der Waals surface area contributed by atoms with Crippen molar-refractivity contribution in [2.75, 3.05) is 32.8 Å². The van der Waals surface area contributed by atoms with E-state index in [1.165, 1.54) is 6.33 Å². The lowest BCUT2D eigenvalue weighted by Crippen LogP contribution is -2.38. The third-order valence-electron chi connectivity index (χ3n) is 9.83. The molecule has 282 valence electrons. The van der Waals surface area contributed by atoms with E-state index >= 15 is 0 Å². The maximum absolute atomic E-state index is 13.2. The number of fused-ring (bicyclic) bond motifs is 1. The molecule has 55 heavy (non-hydrogen) atoms. The van der Waals surface area contributed by atoms with E-state index in [1.54, 1.807) is 49.4 Å². The van der Waals surface area contributed by atoms with Crippen molar-refractivity contribution in [1.82, 2.24) is 19.5 Å². The first kappa shape index (κ1) is 37.3. The molecule has 4 aromatic carbocycles. The van der Waals surface area contributed by atoms with Gasteiger partial charge >= 0.3 is 0 Å². The van der Waals surface area contributed by atoms with Crippen molar-refractivity contribution >= 4 is 28.7 Å². The number of aliphatic hydroxyl groups is 2. The minimum atomic E-state index is -1.09. The summed E-state index contributed by atoms with van der Waals surface area (Å²) in [4.78, 5) is 37.9. The van der Waals surface area contributed by atoms with Gasteiger partial charge < -0.3 is 34.5 Å². The number of amides is 1. The molecule has 0 unspecified atom stereocenters. The van der Waals surface area contributed by atoms with Crippen LogP contribution in [0.3, 0.4) is 0 Å². The third kappa shape index (κ3) is 7.82. The van der Waals surface area contributed by atoms with Gasteiger partial charge in [0.2, 0.25) is 0 Å². The normalized spacial score (nSPS) is 16.9. The molecule has 1 aliphatic heterocycles. The van der Waals surface area contributed by atoms with Crippen molar-refractivity contribution in [3.05, 3.63) is 144 Å². The number of carbonyl (C=O) groups is 2. The Morgan fingerprint density at radius 1 is 0.855 bits per heavy atom. The zero-order valence-electron chi connectivity index (χ0n) is 30.4. The third-order valence-corrected chi connectivity index (χ3v) is 9.83. The van der Waals surface area contributed by atoms with E-state index in [1.807, 2.05) is 78.9 Å². The Morgan fingerprint density at radius 2 is 1.49 bits per heavy atom. The summed E-state index contributed by atoms with van der Waals surface area (Å²) in [6.07, 6.45) is 1.59. The lowest BCUT2D eigenvalue weighted by atomic mass is 9.80. The van der Waals surface area contributed by atoms with Crippen LogP contribution in [0, 0.1) is 0 Å². The van der Waals surface area contributed by atoms with Crippen LogP contribution in [0.15, 0.2) is 116 Å². The average molecular weight is 744 g/mol. The van der Waals surface area contributed by atoms with Crippen LogP contribution < -0.4 is 14.8 Å². The maximum Gasteiger partial charge on any atom is 0.256 e. The van der Waals surface area contributed by atoms with E-state index in [4.69, 9.17) is 24.1 Å². The summed E-state index contributed by atoms with van der Waals surface area (Å²) >= 11 is 0. The predicted molar refractivity (Wildman–Crippen MR) is 203 cm³/mol. The molecular formula is C42H41N5O8. The number of methoxy groups -OCH3 is 2. The summed E-state index contributed by atoms with van der Waals surface area (Å²) in [6, 6.07) is 32.2. The molecule has 2 aromatic heterocycles. The molecule has 1 fully saturated rings. The fourth-order valence-electron chi connectivity index (χ4n) is 6.84. The molecule has 6 aromatic rings. The number of nitrogens with one attached hydrogen (secondary N) is 1. The molecular weight excluding hydrogens is 702 g/mol. The Morgan fingerprint density at radius 3 is 2.11 bits per heavy atom. The number of carbonyl (C=O) groups excluding carboxylic acids is 2. The first-order chi connectivity index (χ1) is 26.8. The van der Waals surface area contributed by atoms with E-state index in [0.29, 0.717) is 34.6 Å². The second-order valence-corrected chi connectivity index (χ2v) is 13.1. The number of aryl methyl sites for hydroxylation is 1. The van der Waals surface area contributed by atoms with Gasteiger partial charge in [-0.05, 0) is 65.1 Å². The van der Waals surface area contributed by atoms with Gasteiger partial charge in [-0.2, -0.15) is 0 Å². The van der Waals surface area contributed by atoms with E-state index in [0.717, 1.165) is 22.3 Å². The summed E-state index contributed by atoms with van der Waals surface area (Å²) in [7, 11) is 3.24. The standard InChI is InChI=1S/C42H41N5O8/c1-52-33-18-13-30(14-19-33)42(29-6-4-3-5-7-29,31-15-20-34(53-2)21-16-31)54-24-36-35(50)22-37(55-36)47-26-45-38-39(43-25-44-40(38)47)46-41(51)28-11-8-27(9-12-28)10-17-32(49)23-48/h3-9,11-16,18-21,25-26,35-37,48,50H,10,17,22-24H2,1-2H3,(H,43,44,46,51)/t35-,36-,37-/m1/s1. The summed E-state index contributed by atoms with van der Waals surface area (Å²) in [5.41, 5.74) is 3.53. The van der Waals surface area contributed by atoms with Gasteiger partial charge in [-0.1, -0.05) is 66.7 Å². The fraction of sp³-hybridized carbons (Fsp3) is 0.262. The van der Waals surface area contributed by atoms with Crippen LogP contribution in [-0.4, -0.2) is 81.1 Å². The number of Topliss-reactive ketones (excluding diaryl/α,β-unsaturated/α-hetero) is 1. The van der Waals surface area contributed by atoms with Crippen molar-refractivity contribution in [3.8, 4) is 11.5 Å². The van der Waals surface area contributed by atoms with Crippen molar-refractivity contribution < 1.29 is 38.7 Å². The number of aromatic nitrogens is 4. The van der Waals surface area contributed by atoms with Gasteiger partial charge in [-0.15, -0.1) is 0 Å². The molecule has 7 rings (SSSR count). The van der Waals surface area contributed by atoms with Crippen LogP contribution in [0.2, 0.25) is 0 Å². The van der Waals surface area contributed by atoms with Gasteiger partial charge in [0.25, 0.3) is 5.91 Å². The molecule has 13 nitrogen and oxygen atoms in total. The van der Waals surface area contributed by atoms with E-state index in [-0.39, 0.29) is 31.0 Å². The first-order valence-corrected chi connectivity index (χ1v) is 17.9. The number of benzene rings is 4. The Kier molecular flexibility index (Phi) is 11.2. The van der Waals surface area contributed by atoms with Gasteiger partial charge in [-0.3, -0.25) is 14.2 Å². The SMILES string of the molecule is COc1ccc(C(OC[C@H]2O[C@@H](n3cnc4c(NC(=O)c5ccc(CCC(=O)CO)cc5)ncnc43)C[C@H]2O)(c2ccccc2)c2ccc(OC)cc2)cc1. The molecule has 0 bridgehead atoms. The number of ether oxygens (including phenoxy) is 4. The molecule has 1 saturated heterocycles. The number of rotatable bonds is 15. The number of anilines is 1. The van der Waals surface area contributed by atoms with Crippen molar-refractivity contribution in [1.29, 1.82) is 0 Å². The first-order valence-electron chi connectivity index (χ1n) is 17.9. The van der Waals surface area contributed by atoms with Gasteiger partial charge in [0.1, 0.15) is 42.4 Å². The van der Waals surface area contributed by atoms with E-state index in [2.05, 4.69) is 20.3 Å². The number of imidazole rings is 1. The van der Waals surface area contributed by atoms with Crippen LogP contribution in [0.25, 0.3) is 11.2 Å². The van der Waals surface area contributed by atoms with Crippen LogP contribution in [0.5, 0.6) is 11.5 Å². The second-order valence-electron chi connectivity index (χ2n) is 13.1. The largest absolute Gasteiger partial charge is 0.497 e. The molecule has 1 amide bonds. The Balaban J connectivity index is 1.11. The number of ketones is 1. The Hall–Kier alpha value is -5.99. The number of hydrogen-bond donors (Lipinski definition) is 3. The van der Waals surface area contributed by atoms with Crippen LogP contribution in [-0.2, 0) is 26.3 Å². The van der Waals surface area contributed by atoms with E-state index in [9.17, 15) is 14.7 Å². The quantitative estimate of drug-likeness (QED) is 0.118. The van der Waals surface area contributed by atoms with Gasteiger partial charge in [-0.25, -0.2) is 15.0 Å². The summed E-state index contributed by atoms with van der Waals surface area (Å²) in [5.74, 6) is 0.993. The summed E-state index contributed by atoms with van der Waals surface area (Å²) in [5, 5.41) is 23.2. The van der Waals surface area contributed by atoms with Crippen molar-refractivity contribution in [2.45, 2.75) is 43.3 Å². The minimum absolute atomic E-state index is 0.0318. The highest BCUT2D eigenvalue weighted by molar-refractivity contribution is 6.06. The lowest BCUT2D eigenvalue weighted by Gasteiger charge is -2.37. The molecule has 3 N–H and O–H groups in total. The maximum atomic E-state index is 13.2. The minimum Gasteiger partial charge on any atom is -0.497 e. The molecule has 3 heterocycles. The average Bonchev–Trinajstić information content (AvgIpc) is 3.84. The summed E-state index contributed by atoms with van der Waals surface area (Å²) in [6.45, 7) is -0.456. The molecule has 0 spiro atoms. The molecule has 3 atom stereocenters. The van der Waals surface area contributed by atoms with Crippen LogP contribution in [0.4, 0.5) is 5.82 Å². The second kappa shape index (κ2) is 16.6. The molecule has 0 saturated carbocycles. The lowest BCUT2D eigenvalue weighted by molar-refractivity contribution is -0.121. The molecule has 1 aliphatic rings. The monoisotopic (exact) mass is 743 g/mol. The van der Waals surface area contributed by atoms with Gasteiger partial charge in [0.15, 0.2) is 22.8 Å². The highest BCUT2D eigenvalue weighted by atomic mass is 16.6. The molecule has 0 aliphatic carbocycles. The Labute approximate surface area is 317 Å². The zero-order valence-corrected chi connectivity index (χ0v) is 30.4. The topological polar surface area (TPSA) is 167 Å². The molecule has 0 radical (unpaired) electrons. The predicted octanol–water partition coefficient (Wildman–Crippen LogP) is 5.25. The van der Waals surface area contributed by atoms with E-state index < -0.39 is 36.6 Å². The van der Waals surface area contributed by atoms with Crippen molar-refractivity contribution in [2.24, 2.45) is 0 Å². The zero-order chi connectivity index (χ0) is 38.4. The molecule has 13 heteroatoms. The summed E-state index contributed by atoms with van der Waals surface area (Å²) < 4.78 is 26.1. The smallest absolute Gasteiger partial charge is 0.256 e. The number of aliphatic hydroxyl groups excluding tert-OH is 2. The number of nitrogens with zero attached hydrogens (tertiary/aromatic N) is 4. The van der Waals surface area contributed by atoms with Gasteiger partial charge in [0.05, 0.1) is 33.3 Å². The Bertz CT molecular complexity index is 2180. The van der Waals surface area contributed by atoms with Crippen LogP contribution in [0.1, 0.15) is 51.7 Å². The highest BCUT2D eigenvalue weighted by Crippen LogP contribution is 2.43. The van der Waals surface area contributed by atoms with Gasteiger partial charge in [0, 0.05) is 18.4 Å². The van der Waals surface area contributed by atoms with Crippen LogP contribution >= 0.6 is 0 Å². The van der Waals surface area contributed by atoms with Crippen molar-refractivity contribution in [3.63, 3.8) is 0 Å². The fourth-order valence-corrected chi connectivity index (χ4v) is 6.84. The highest BCUT2D eigenvalue weighted by Gasteiger charge is 2.42. The number of hydrogen-bond acceptors (Lipinski definition) is 11.